The van der Waals surface area contributed by atoms with Crippen LogP contribution >= 0.6 is 0 Å². The first-order valence-corrected chi connectivity index (χ1v) is 8.03. The van der Waals surface area contributed by atoms with Crippen LogP contribution in [0.3, 0.4) is 0 Å². The molecular weight excluding hydrogens is 387 g/mol. The minimum atomic E-state index is -4.79. The van der Waals surface area contributed by atoms with Crippen molar-refractivity contribution in [2.45, 2.75) is 24.6 Å². The molecule has 5 nitrogen and oxygen atoms in total. The molecule has 1 aliphatic rings. The predicted octanol–water partition coefficient (Wildman–Crippen LogP) is 3.95. The number of amides is 1. The summed E-state index contributed by atoms with van der Waals surface area (Å²) in [7, 11) is 0. The predicted molar refractivity (Wildman–Crippen MR) is 85.8 cm³/mol. The molecule has 0 saturated carbocycles. The van der Waals surface area contributed by atoms with Crippen LogP contribution < -0.4 is 0 Å². The molecule has 148 valence electrons. The fourth-order valence-electron chi connectivity index (χ4n) is 3.32. The maximum Gasteiger partial charge on any atom is 0.406 e. The van der Waals surface area contributed by atoms with Crippen molar-refractivity contribution in [1.82, 2.24) is 9.88 Å². The van der Waals surface area contributed by atoms with Crippen LogP contribution in [0.1, 0.15) is 45.6 Å². The molecule has 1 aromatic carbocycles. The first-order chi connectivity index (χ1) is 13.1. The van der Waals surface area contributed by atoms with Crippen molar-refractivity contribution in [3.63, 3.8) is 0 Å². The summed E-state index contributed by atoms with van der Waals surface area (Å²) in [5.74, 6) is -3.96. The molecule has 0 radical (unpaired) electrons. The van der Waals surface area contributed by atoms with Gasteiger partial charge in [0.25, 0.3) is 12.3 Å². The molecule has 0 fully saturated rings. The van der Waals surface area contributed by atoms with Gasteiger partial charge in [-0.2, -0.15) is 13.2 Å². The Bertz CT molecular complexity index is 899. The second kappa shape index (κ2) is 7.17. The molecule has 1 amide bonds. The Morgan fingerprint density at radius 2 is 1.86 bits per heavy atom. The van der Waals surface area contributed by atoms with E-state index in [-0.39, 0.29) is 16.7 Å². The number of halogens is 5. The van der Waals surface area contributed by atoms with Gasteiger partial charge in [-0.3, -0.25) is 14.6 Å². The molecule has 0 aliphatic carbocycles. The number of fused-ring (bicyclic) bond motifs is 1. The number of aliphatic carboxylic acids is 1. The molecule has 0 spiro atoms. The zero-order valence-electron chi connectivity index (χ0n) is 14.0. The van der Waals surface area contributed by atoms with E-state index in [4.69, 9.17) is 0 Å². The van der Waals surface area contributed by atoms with E-state index in [9.17, 15) is 36.6 Å². The Kier molecular flexibility index (Phi) is 5.05. The van der Waals surface area contributed by atoms with Gasteiger partial charge < -0.3 is 10.0 Å². The van der Waals surface area contributed by atoms with Gasteiger partial charge in [-0.1, -0.05) is 24.3 Å². The van der Waals surface area contributed by atoms with Gasteiger partial charge in [0.1, 0.15) is 18.2 Å². The first-order valence-electron chi connectivity index (χ1n) is 8.03. The molecule has 2 atom stereocenters. The van der Waals surface area contributed by atoms with E-state index in [0.29, 0.717) is 4.90 Å². The number of alkyl halides is 5. The largest absolute Gasteiger partial charge is 0.481 e. The number of hydrogen-bond donors (Lipinski definition) is 1. The Hall–Kier alpha value is -3.04. The van der Waals surface area contributed by atoms with Crippen LogP contribution in [0, 0.1) is 0 Å². The van der Waals surface area contributed by atoms with Gasteiger partial charge in [-0.25, -0.2) is 8.78 Å². The summed E-state index contributed by atoms with van der Waals surface area (Å²) in [4.78, 5) is 28.5. The fourth-order valence-corrected chi connectivity index (χ4v) is 3.32. The van der Waals surface area contributed by atoms with Crippen LogP contribution in [-0.4, -0.2) is 39.6 Å². The van der Waals surface area contributed by atoms with Crippen molar-refractivity contribution in [3.8, 4) is 0 Å². The van der Waals surface area contributed by atoms with E-state index in [1.807, 2.05) is 0 Å². The highest BCUT2D eigenvalue weighted by Crippen LogP contribution is 2.43. The highest BCUT2D eigenvalue weighted by Gasteiger charge is 2.47. The summed E-state index contributed by atoms with van der Waals surface area (Å²) in [6.45, 7) is -1.69. The lowest BCUT2D eigenvalue weighted by Gasteiger charge is -2.40. The summed E-state index contributed by atoms with van der Waals surface area (Å²) in [6.07, 6.45) is -6.81. The Balaban J connectivity index is 2.18. The van der Waals surface area contributed by atoms with E-state index in [1.54, 1.807) is 0 Å². The van der Waals surface area contributed by atoms with Crippen molar-refractivity contribution in [2.24, 2.45) is 0 Å². The number of aromatic nitrogens is 1. The summed E-state index contributed by atoms with van der Waals surface area (Å²) < 4.78 is 64.8. The van der Waals surface area contributed by atoms with Crippen LogP contribution in [0.5, 0.6) is 0 Å². The monoisotopic (exact) mass is 400 g/mol. The molecule has 0 saturated heterocycles. The summed E-state index contributed by atoms with van der Waals surface area (Å²) in [6, 6.07) is 5.91. The number of carbonyl (C=O) groups is 2. The second-order valence-corrected chi connectivity index (χ2v) is 6.21. The van der Waals surface area contributed by atoms with Gasteiger partial charge in [0, 0.05) is 11.8 Å². The molecule has 28 heavy (non-hydrogen) atoms. The minimum absolute atomic E-state index is 0.0568. The average Bonchev–Trinajstić information content (AvgIpc) is 2.62. The molecule has 1 N–H and O–H groups in total. The number of carboxylic acids is 1. The number of carbonyl (C=O) groups excluding carboxylic acids is 1. The van der Waals surface area contributed by atoms with E-state index >= 15 is 0 Å². The molecule has 10 heteroatoms. The second-order valence-electron chi connectivity index (χ2n) is 6.21. The van der Waals surface area contributed by atoms with Gasteiger partial charge in [-0.05, 0) is 23.3 Å². The van der Waals surface area contributed by atoms with E-state index < -0.39 is 48.7 Å². The van der Waals surface area contributed by atoms with Crippen molar-refractivity contribution in [1.29, 1.82) is 0 Å². The smallest absolute Gasteiger partial charge is 0.406 e. The Morgan fingerprint density at radius 3 is 2.39 bits per heavy atom. The zero-order chi connectivity index (χ0) is 20.6. The highest BCUT2D eigenvalue weighted by molar-refractivity contribution is 6.00. The molecule has 2 heterocycles. The first kappa shape index (κ1) is 19.7. The lowest BCUT2D eigenvalue weighted by atomic mass is 9.80. The standard InChI is InChI=1S/C18H13F5N2O3/c19-15(20)12-6-5-9(7-24-12)14-13(17(27)28)10-3-1-2-4-11(10)16(26)25(14)8-18(21,22)23/h1-7,13-15H,8H2,(H,27,28). The lowest BCUT2D eigenvalue weighted by Crippen LogP contribution is -2.48. The maximum absolute atomic E-state index is 13.1. The number of benzene rings is 1. The number of nitrogens with zero attached hydrogens (tertiary/aromatic N) is 2. The van der Waals surface area contributed by atoms with E-state index in [1.165, 1.54) is 24.3 Å². The van der Waals surface area contributed by atoms with Crippen LogP contribution in [0.4, 0.5) is 22.0 Å². The van der Waals surface area contributed by atoms with Crippen molar-refractivity contribution < 1.29 is 36.6 Å². The van der Waals surface area contributed by atoms with Crippen LogP contribution in [0.2, 0.25) is 0 Å². The molecule has 2 unspecified atom stereocenters. The average molecular weight is 400 g/mol. The van der Waals surface area contributed by atoms with Crippen LogP contribution in [0.25, 0.3) is 0 Å². The Morgan fingerprint density at radius 1 is 1.18 bits per heavy atom. The maximum atomic E-state index is 13.1. The van der Waals surface area contributed by atoms with Gasteiger partial charge in [-0.15, -0.1) is 0 Å². The topological polar surface area (TPSA) is 70.5 Å². The van der Waals surface area contributed by atoms with Crippen molar-refractivity contribution in [2.75, 3.05) is 6.54 Å². The van der Waals surface area contributed by atoms with Crippen molar-refractivity contribution in [3.05, 3.63) is 65.0 Å². The van der Waals surface area contributed by atoms with Crippen molar-refractivity contribution >= 4 is 11.9 Å². The molecule has 1 aromatic heterocycles. The summed E-state index contributed by atoms with van der Waals surface area (Å²) in [5, 5.41) is 9.70. The molecular formula is C18H13F5N2O3. The third-order valence-electron chi connectivity index (χ3n) is 4.43. The number of rotatable bonds is 4. The van der Waals surface area contributed by atoms with Gasteiger partial charge in [0.05, 0.1) is 6.04 Å². The minimum Gasteiger partial charge on any atom is -0.481 e. The molecule has 3 rings (SSSR count). The zero-order valence-corrected chi connectivity index (χ0v) is 14.0. The van der Waals surface area contributed by atoms with Crippen LogP contribution in [-0.2, 0) is 4.79 Å². The SMILES string of the molecule is O=C(O)C1c2ccccc2C(=O)N(CC(F)(F)F)C1c1ccc(C(F)F)nc1. The van der Waals surface area contributed by atoms with Crippen LogP contribution in [0.15, 0.2) is 42.6 Å². The van der Waals surface area contributed by atoms with Gasteiger partial charge >= 0.3 is 12.1 Å². The summed E-state index contributed by atoms with van der Waals surface area (Å²) >= 11 is 0. The number of carboxylic acid groups (broad SMARTS) is 1. The third-order valence-corrected chi connectivity index (χ3v) is 4.43. The van der Waals surface area contributed by atoms with E-state index in [2.05, 4.69) is 4.98 Å². The molecule has 0 bridgehead atoms. The number of pyridine rings is 1. The van der Waals surface area contributed by atoms with Gasteiger partial charge in [0.2, 0.25) is 0 Å². The third kappa shape index (κ3) is 3.67. The lowest BCUT2D eigenvalue weighted by molar-refractivity contribution is -0.153. The highest BCUT2D eigenvalue weighted by atomic mass is 19.4. The fraction of sp³-hybridized carbons (Fsp3) is 0.278. The van der Waals surface area contributed by atoms with E-state index in [0.717, 1.165) is 18.3 Å². The summed E-state index contributed by atoms with van der Waals surface area (Å²) in [5.41, 5.74) is -0.779. The molecule has 1 aliphatic heterocycles. The number of hydrogen-bond acceptors (Lipinski definition) is 3. The van der Waals surface area contributed by atoms with Gasteiger partial charge in [0.15, 0.2) is 0 Å². The molecule has 2 aromatic rings. The quantitative estimate of drug-likeness (QED) is 0.790. The normalized spacial score (nSPS) is 19.6. The Labute approximate surface area is 155 Å².